The normalized spacial score (nSPS) is 12.6. The summed E-state index contributed by atoms with van der Waals surface area (Å²) in [5.41, 5.74) is 2.51. The molecule has 0 fully saturated rings. The van der Waals surface area contributed by atoms with Crippen LogP contribution in [0.1, 0.15) is 30.5 Å². The third kappa shape index (κ3) is 3.32. The summed E-state index contributed by atoms with van der Waals surface area (Å²) in [4.78, 5) is 0. The fourth-order valence-electron chi connectivity index (χ4n) is 1.99. The molecule has 18 heavy (non-hydrogen) atoms. The van der Waals surface area contributed by atoms with Crippen molar-refractivity contribution in [2.24, 2.45) is 7.05 Å². The Hall–Kier alpha value is -0.880. The van der Waals surface area contributed by atoms with Gasteiger partial charge in [0.25, 0.3) is 0 Å². The van der Waals surface area contributed by atoms with Gasteiger partial charge >= 0.3 is 0 Å². The van der Waals surface area contributed by atoms with Gasteiger partial charge in [-0.3, -0.25) is 4.68 Å². The number of benzene rings is 1. The molecular formula is C14H18IN3. The summed E-state index contributed by atoms with van der Waals surface area (Å²) in [6.07, 6.45) is 5.14. The van der Waals surface area contributed by atoms with Crippen molar-refractivity contribution in [1.82, 2.24) is 15.1 Å². The fraction of sp³-hybridized carbons (Fsp3) is 0.357. The molecule has 1 heterocycles. The van der Waals surface area contributed by atoms with Gasteiger partial charge in [0.15, 0.2) is 0 Å². The summed E-state index contributed by atoms with van der Waals surface area (Å²) in [5, 5.41) is 7.85. The molecule has 1 unspecified atom stereocenters. The van der Waals surface area contributed by atoms with Crippen molar-refractivity contribution in [2.45, 2.75) is 19.4 Å². The smallest absolute Gasteiger partial charge is 0.0608 e. The van der Waals surface area contributed by atoms with Crippen molar-refractivity contribution in [1.29, 1.82) is 0 Å². The van der Waals surface area contributed by atoms with E-state index < -0.39 is 0 Å². The maximum atomic E-state index is 4.27. The number of hydrogen-bond acceptors (Lipinski definition) is 2. The first-order valence-electron chi connectivity index (χ1n) is 6.18. The van der Waals surface area contributed by atoms with Crippen molar-refractivity contribution in [3.05, 3.63) is 51.4 Å². The SMILES string of the molecule is CCCNC(c1cccc(I)c1)c1cnn(C)c1. The Balaban J connectivity index is 2.30. The van der Waals surface area contributed by atoms with E-state index in [0.29, 0.717) is 0 Å². The number of hydrogen-bond donors (Lipinski definition) is 1. The van der Waals surface area contributed by atoms with Gasteiger partial charge in [0, 0.05) is 22.4 Å². The zero-order valence-corrected chi connectivity index (χ0v) is 12.9. The van der Waals surface area contributed by atoms with E-state index in [0.717, 1.165) is 13.0 Å². The second-order valence-corrected chi connectivity index (χ2v) is 5.64. The lowest BCUT2D eigenvalue weighted by molar-refractivity contribution is 0.598. The molecule has 1 N–H and O–H groups in total. The molecule has 0 bridgehead atoms. The molecule has 0 radical (unpaired) electrons. The Kier molecular flexibility index (Phi) is 4.77. The molecule has 0 aliphatic heterocycles. The van der Waals surface area contributed by atoms with Gasteiger partial charge in [0.05, 0.1) is 12.2 Å². The molecule has 0 saturated carbocycles. The molecule has 96 valence electrons. The van der Waals surface area contributed by atoms with Crippen molar-refractivity contribution < 1.29 is 0 Å². The Morgan fingerprint density at radius 2 is 2.22 bits per heavy atom. The predicted octanol–water partition coefficient (Wildman–Crippen LogP) is 3.11. The van der Waals surface area contributed by atoms with Crippen LogP contribution in [0.15, 0.2) is 36.7 Å². The van der Waals surface area contributed by atoms with Crippen LogP contribution in [0.3, 0.4) is 0 Å². The minimum absolute atomic E-state index is 0.230. The Bertz CT molecular complexity index is 507. The van der Waals surface area contributed by atoms with Gasteiger partial charge in [-0.25, -0.2) is 0 Å². The van der Waals surface area contributed by atoms with E-state index in [2.05, 4.69) is 70.4 Å². The predicted molar refractivity (Wildman–Crippen MR) is 82.5 cm³/mol. The van der Waals surface area contributed by atoms with Gasteiger partial charge in [-0.15, -0.1) is 0 Å². The summed E-state index contributed by atoms with van der Waals surface area (Å²) >= 11 is 2.35. The molecule has 0 aliphatic carbocycles. The summed E-state index contributed by atoms with van der Waals surface area (Å²) in [6.45, 7) is 3.19. The van der Waals surface area contributed by atoms with Crippen molar-refractivity contribution in [3.63, 3.8) is 0 Å². The van der Waals surface area contributed by atoms with Crippen molar-refractivity contribution in [3.8, 4) is 0 Å². The van der Waals surface area contributed by atoms with Crippen LogP contribution < -0.4 is 5.32 Å². The fourth-order valence-corrected chi connectivity index (χ4v) is 2.56. The molecular weight excluding hydrogens is 337 g/mol. The zero-order valence-electron chi connectivity index (χ0n) is 10.7. The lowest BCUT2D eigenvalue weighted by Crippen LogP contribution is -2.22. The number of nitrogens with one attached hydrogen (secondary N) is 1. The van der Waals surface area contributed by atoms with E-state index in [-0.39, 0.29) is 6.04 Å². The zero-order chi connectivity index (χ0) is 13.0. The largest absolute Gasteiger partial charge is 0.306 e. The van der Waals surface area contributed by atoms with Crippen LogP contribution in [-0.4, -0.2) is 16.3 Å². The van der Waals surface area contributed by atoms with Crippen molar-refractivity contribution >= 4 is 22.6 Å². The average Bonchev–Trinajstić information content (AvgIpc) is 2.76. The standard InChI is InChI=1S/C14H18IN3/c1-3-7-16-14(12-9-17-18(2)10-12)11-5-4-6-13(15)8-11/h4-6,8-10,14,16H,3,7H2,1-2H3. The lowest BCUT2D eigenvalue weighted by Gasteiger charge is -2.17. The van der Waals surface area contributed by atoms with E-state index in [1.54, 1.807) is 0 Å². The lowest BCUT2D eigenvalue weighted by atomic mass is 10.0. The Labute approximate surface area is 122 Å². The molecule has 3 nitrogen and oxygen atoms in total. The van der Waals surface area contributed by atoms with E-state index >= 15 is 0 Å². The van der Waals surface area contributed by atoms with Gasteiger partial charge in [-0.1, -0.05) is 19.1 Å². The molecule has 1 aromatic carbocycles. The van der Waals surface area contributed by atoms with E-state index in [4.69, 9.17) is 0 Å². The van der Waals surface area contributed by atoms with Crippen LogP contribution in [0, 0.1) is 3.57 Å². The van der Waals surface area contributed by atoms with Crippen LogP contribution >= 0.6 is 22.6 Å². The number of aryl methyl sites for hydroxylation is 1. The van der Waals surface area contributed by atoms with Gasteiger partial charge in [-0.2, -0.15) is 5.10 Å². The quantitative estimate of drug-likeness (QED) is 0.836. The minimum atomic E-state index is 0.230. The summed E-state index contributed by atoms with van der Waals surface area (Å²) in [6, 6.07) is 8.84. The molecule has 2 aromatic rings. The van der Waals surface area contributed by atoms with Crippen LogP contribution in [0.2, 0.25) is 0 Å². The highest BCUT2D eigenvalue weighted by Crippen LogP contribution is 2.23. The maximum absolute atomic E-state index is 4.27. The van der Waals surface area contributed by atoms with Crippen LogP contribution in [0.5, 0.6) is 0 Å². The highest BCUT2D eigenvalue weighted by molar-refractivity contribution is 14.1. The van der Waals surface area contributed by atoms with E-state index in [1.165, 1.54) is 14.7 Å². The molecule has 4 heteroatoms. The van der Waals surface area contributed by atoms with Crippen LogP contribution in [0.25, 0.3) is 0 Å². The highest BCUT2D eigenvalue weighted by Gasteiger charge is 2.14. The molecule has 0 saturated heterocycles. The monoisotopic (exact) mass is 355 g/mol. The molecule has 2 rings (SSSR count). The second kappa shape index (κ2) is 6.33. The number of halogens is 1. The first-order chi connectivity index (χ1) is 8.70. The Morgan fingerprint density at radius 3 is 2.83 bits per heavy atom. The number of aromatic nitrogens is 2. The molecule has 1 aromatic heterocycles. The molecule has 0 amide bonds. The Morgan fingerprint density at radius 1 is 1.39 bits per heavy atom. The van der Waals surface area contributed by atoms with Gasteiger partial charge in [0.1, 0.15) is 0 Å². The van der Waals surface area contributed by atoms with Gasteiger partial charge in [-0.05, 0) is 53.3 Å². The first kappa shape index (κ1) is 13.5. The van der Waals surface area contributed by atoms with E-state index in [9.17, 15) is 0 Å². The van der Waals surface area contributed by atoms with Crippen LogP contribution in [0.4, 0.5) is 0 Å². The van der Waals surface area contributed by atoms with Crippen molar-refractivity contribution in [2.75, 3.05) is 6.54 Å². The average molecular weight is 355 g/mol. The summed E-state index contributed by atoms with van der Waals surface area (Å²) in [5.74, 6) is 0. The van der Waals surface area contributed by atoms with Crippen LogP contribution in [-0.2, 0) is 7.05 Å². The highest BCUT2D eigenvalue weighted by atomic mass is 127. The third-order valence-electron chi connectivity index (χ3n) is 2.84. The minimum Gasteiger partial charge on any atom is -0.306 e. The first-order valence-corrected chi connectivity index (χ1v) is 7.26. The van der Waals surface area contributed by atoms with Gasteiger partial charge in [0.2, 0.25) is 0 Å². The van der Waals surface area contributed by atoms with E-state index in [1.807, 2.05) is 17.9 Å². The summed E-state index contributed by atoms with van der Waals surface area (Å²) < 4.78 is 3.11. The molecule has 1 atom stereocenters. The van der Waals surface area contributed by atoms with Gasteiger partial charge < -0.3 is 5.32 Å². The summed E-state index contributed by atoms with van der Waals surface area (Å²) in [7, 11) is 1.95. The molecule has 0 spiro atoms. The second-order valence-electron chi connectivity index (χ2n) is 4.39. The maximum Gasteiger partial charge on any atom is 0.0608 e. The molecule has 0 aliphatic rings. The topological polar surface area (TPSA) is 29.9 Å². The number of nitrogens with zero attached hydrogens (tertiary/aromatic N) is 2. The third-order valence-corrected chi connectivity index (χ3v) is 3.51. The number of rotatable bonds is 5.